The summed E-state index contributed by atoms with van der Waals surface area (Å²) in [4.78, 5) is 0. The van der Waals surface area contributed by atoms with Gasteiger partial charge in [-0.15, -0.1) is 0 Å². The highest BCUT2D eigenvalue weighted by atomic mass is 35.5. The summed E-state index contributed by atoms with van der Waals surface area (Å²) in [6.45, 7) is 3.47. The smallest absolute Gasteiger partial charge is 0.0506 e. The van der Waals surface area contributed by atoms with Crippen molar-refractivity contribution in [2.24, 2.45) is 0 Å². The van der Waals surface area contributed by atoms with Crippen molar-refractivity contribution in [3.63, 3.8) is 0 Å². The lowest BCUT2D eigenvalue weighted by atomic mass is 10.2. The first kappa shape index (κ1) is 9.56. The normalized spacial score (nSPS) is 10.2. The molecular formula is C10H12ClO. The van der Waals surface area contributed by atoms with Crippen LogP contribution in [0.4, 0.5) is 0 Å². The van der Waals surface area contributed by atoms with Crippen LogP contribution in [0.2, 0.25) is 5.02 Å². The van der Waals surface area contributed by atoms with Crippen molar-refractivity contribution < 1.29 is 4.74 Å². The molecular weight excluding hydrogens is 172 g/mol. The molecule has 0 heterocycles. The molecule has 12 heavy (non-hydrogen) atoms. The van der Waals surface area contributed by atoms with Gasteiger partial charge in [0, 0.05) is 11.6 Å². The van der Waals surface area contributed by atoms with Crippen molar-refractivity contribution in [3.05, 3.63) is 34.9 Å². The van der Waals surface area contributed by atoms with Crippen LogP contribution in [0, 0.1) is 6.07 Å². The van der Waals surface area contributed by atoms with E-state index in [1.807, 2.05) is 25.1 Å². The van der Waals surface area contributed by atoms with E-state index in [0.29, 0.717) is 0 Å². The van der Waals surface area contributed by atoms with Crippen molar-refractivity contribution in [1.82, 2.24) is 0 Å². The lowest BCUT2D eigenvalue weighted by Crippen LogP contribution is -1.98. The summed E-state index contributed by atoms with van der Waals surface area (Å²) >= 11 is 5.93. The van der Waals surface area contributed by atoms with Crippen LogP contribution in [0.15, 0.2) is 18.2 Å². The average Bonchev–Trinajstić information content (AvgIpc) is 2.09. The van der Waals surface area contributed by atoms with Gasteiger partial charge >= 0.3 is 0 Å². The highest BCUT2D eigenvalue weighted by Gasteiger charge is 1.97. The zero-order valence-electron chi connectivity index (χ0n) is 7.14. The van der Waals surface area contributed by atoms with Crippen LogP contribution in [-0.2, 0) is 11.2 Å². The van der Waals surface area contributed by atoms with Gasteiger partial charge in [-0.25, -0.2) is 0 Å². The van der Waals surface area contributed by atoms with E-state index in [1.54, 1.807) is 0 Å². The van der Waals surface area contributed by atoms with Crippen LogP contribution in [0.25, 0.3) is 0 Å². The second kappa shape index (κ2) is 5.18. The Hall–Kier alpha value is -0.530. The van der Waals surface area contributed by atoms with Gasteiger partial charge < -0.3 is 4.74 Å². The van der Waals surface area contributed by atoms with Crippen LogP contribution in [0.3, 0.4) is 0 Å². The molecule has 0 N–H and O–H groups in total. The molecule has 0 aliphatic heterocycles. The third-order valence-corrected chi connectivity index (χ3v) is 1.98. The number of rotatable bonds is 4. The van der Waals surface area contributed by atoms with Crippen LogP contribution in [-0.4, -0.2) is 13.2 Å². The van der Waals surface area contributed by atoms with Crippen LogP contribution < -0.4 is 0 Å². The molecule has 0 spiro atoms. The second-order valence-electron chi connectivity index (χ2n) is 2.46. The fourth-order valence-electron chi connectivity index (χ4n) is 0.964. The molecule has 1 aromatic rings. The minimum atomic E-state index is 0.730. The molecule has 1 aromatic carbocycles. The van der Waals surface area contributed by atoms with Crippen molar-refractivity contribution in [3.8, 4) is 0 Å². The van der Waals surface area contributed by atoms with Gasteiger partial charge in [-0.3, -0.25) is 0 Å². The Labute approximate surface area is 78.3 Å². The molecule has 0 amide bonds. The second-order valence-corrected chi connectivity index (χ2v) is 2.87. The third-order valence-electron chi connectivity index (χ3n) is 1.61. The Kier molecular flexibility index (Phi) is 4.12. The van der Waals surface area contributed by atoms with E-state index in [9.17, 15) is 0 Å². The molecule has 0 fully saturated rings. The van der Waals surface area contributed by atoms with Gasteiger partial charge in [-0.1, -0.05) is 17.7 Å². The van der Waals surface area contributed by atoms with E-state index >= 15 is 0 Å². The number of halogens is 1. The largest absolute Gasteiger partial charge is 0.381 e. The van der Waals surface area contributed by atoms with E-state index < -0.39 is 0 Å². The Morgan fingerprint density at radius 2 is 2.42 bits per heavy atom. The molecule has 65 valence electrons. The minimum absolute atomic E-state index is 0.730. The highest BCUT2D eigenvalue weighted by molar-refractivity contribution is 6.31. The average molecular weight is 184 g/mol. The summed E-state index contributed by atoms with van der Waals surface area (Å²) < 4.78 is 5.22. The molecule has 0 aromatic heterocycles. The summed E-state index contributed by atoms with van der Waals surface area (Å²) in [6, 6.07) is 8.55. The molecule has 1 radical (unpaired) electrons. The monoisotopic (exact) mass is 183 g/mol. The molecule has 0 aliphatic carbocycles. The predicted molar refractivity (Wildman–Crippen MR) is 50.5 cm³/mol. The molecule has 0 atom stereocenters. The van der Waals surface area contributed by atoms with E-state index in [4.69, 9.17) is 16.3 Å². The van der Waals surface area contributed by atoms with E-state index in [-0.39, 0.29) is 0 Å². The zero-order valence-corrected chi connectivity index (χ0v) is 7.90. The van der Waals surface area contributed by atoms with Gasteiger partial charge in [-0.2, -0.15) is 0 Å². The molecule has 0 bridgehead atoms. The summed E-state index contributed by atoms with van der Waals surface area (Å²) in [5.74, 6) is 0. The van der Waals surface area contributed by atoms with Crippen molar-refractivity contribution in [2.75, 3.05) is 13.2 Å². The highest BCUT2D eigenvalue weighted by Crippen LogP contribution is 2.14. The molecule has 0 saturated heterocycles. The summed E-state index contributed by atoms with van der Waals surface area (Å²) in [6.07, 6.45) is 0.865. The maximum atomic E-state index is 5.93. The van der Waals surface area contributed by atoms with Crippen LogP contribution >= 0.6 is 11.6 Å². The number of benzene rings is 1. The first-order valence-corrected chi connectivity index (χ1v) is 4.44. The van der Waals surface area contributed by atoms with Crippen molar-refractivity contribution in [1.29, 1.82) is 0 Å². The van der Waals surface area contributed by atoms with Crippen LogP contribution in [0.5, 0.6) is 0 Å². The lowest BCUT2D eigenvalue weighted by Gasteiger charge is -2.02. The van der Waals surface area contributed by atoms with Gasteiger partial charge in [0.1, 0.15) is 0 Å². The van der Waals surface area contributed by atoms with E-state index in [2.05, 4.69) is 6.07 Å². The quantitative estimate of drug-likeness (QED) is 0.653. The van der Waals surface area contributed by atoms with Gasteiger partial charge in [0.15, 0.2) is 0 Å². The zero-order chi connectivity index (χ0) is 8.81. The van der Waals surface area contributed by atoms with Gasteiger partial charge in [0.25, 0.3) is 0 Å². The Bertz CT molecular complexity index is 235. The van der Waals surface area contributed by atoms with Gasteiger partial charge in [-0.05, 0) is 37.1 Å². The number of hydrogen-bond acceptors (Lipinski definition) is 1. The van der Waals surface area contributed by atoms with Gasteiger partial charge in [0.2, 0.25) is 0 Å². The summed E-state index contributed by atoms with van der Waals surface area (Å²) in [7, 11) is 0. The Morgan fingerprint density at radius 3 is 3.08 bits per heavy atom. The molecule has 1 nitrogen and oxygen atoms in total. The summed E-state index contributed by atoms with van der Waals surface area (Å²) in [5.41, 5.74) is 1.10. The standard InChI is InChI=1S/C10H12ClO/c1-2-12-8-7-9-5-3-4-6-10(9)11/h4-6H,2,7-8H2,1H3. The Morgan fingerprint density at radius 1 is 1.58 bits per heavy atom. The topological polar surface area (TPSA) is 9.23 Å². The summed E-state index contributed by atoms with van der Waals surface area (Å²) in [5, 5.41) is 0.799. The van der Waals surface area contributed by atoms with E-state index in [1.165, 1.54) is 0 Å². The predicted octanol–water partition coefficient (Wildman–Crippen LogP) is 2.72. The van der Waals surface area contributed by atoms with E-state index in [0.717, 1.165) is 30.2 Å². The molecule has 1 rings (SSSR count). The molecule has 0 unspecified atom stereocenters. The Balaban J connectivity index is 2.46. The van der Waals surface area contributed by atoms with Crippen molar-refractivity contribution >= 4 is 11.6 Å². The number of ether oxygens (including phenoxy) is 1. The molecule has 0 aliphatic rings. The lowest BCUT2D eigenvalue weighted by molar-refractivity contribution is 0.151. The van der Waals surface area contributed by atoms with Crippen molar-refractivity contribution in [2.45, 2.75) is 13.3 Å². The SMILES string of the molecule is CCOCCc1c[c]ccc1Cl. The fourth-order valence-corrected chi connectivity index (χ4v) is 1.18. The minimum Gasteiger partial charge on any atom is -0.381 e. The van der Waals surface area contributed by atoms with Gasteiger partial charge in [0.05, 0.1) is 6.61 Å². The fraction of sp³-hybridized carbons (Fsp3) is 0.400. The third kappa shape index (κ3) is 2.84. The van der Waals surface area contributed by atoms with Crippen LogP contribution in [0.1, 0.15) is 12.5 Å². The maximum Gasteiger partial charge on any atom is 0.0506 e. The molecule has 0 saturated carbocycles. The maximum absolute atomic E-state index is 5.93. The first-order chi connectivity index (χ1) is 5.84. The first-order valence-electron chi connectivity index (χ1n) is 4.07. The molecule has 2 heteroatoms. The number of hydrogen-bond donors (Lipinski definition) is 0.